The summed E-state index contributed by atoms with van der Waals surface area (Å²) < 4.78 is 10.4. The Labute approximate surface area is 254 Å². The van der Waals surface area contributed by atoms with Crippen LogP contribution in [0.5, 0.6) is 0 Å². The first-order valence-corrected chi connectivity index (χ1v) is 15.8. The van der Waals surface area contributed by atoms with Gasteiger partial charge in [0.1, 0.15) is 22.3 Å². The van der Waals surface area contributed by atoms with Crippen molar-refractivity contribution in [1.29, 1.82) is 0 Å². The Morgan fingerprint density at radius 1 is 0.705 bits per heavy atom. The summed E-state index contributed by atoms with van der Waals surface area (Å²) in [6.07, 6.45) is 3.29. The molecule has 5 nitrogen and oxygen atoms in total. The number of benzene rings is 4. The van der Waals surface area contributed by atoms with Crippen LogP contribution in [0.2, 0.25) is 0 Å². The van der Waals surface area contributed by atoms with E-state index < -0.39 is 5.66 Å². The lowest BCUT2D eigenvalue weighted by Gasteiger charge is -2.44. The molecular formula is C39H29N5+2. The second-order valence-corrected chi connectivity index (χ2v) is 14.0. The monoisotopic (exact) mass is 567 g/mol. The normalized spacial score (nSPS) is 19.5. The topological polar surface area (TPSA) is 20.9 Å². The first-order chi connectivity index (χ1) is 21.4. The van der Waals surface area contributed by atoms with Gasteiger partial charge in [0.2, 0.25) is 5.69 Å². The van der Waals surface area contributed by atoms with Crippen molar-refractivity contribution in [1.82, 2.24) is 9.25 Å². The van der Waals surface area contributed by atoms with Crippen LogP contribution in [0.15, 0.2) is 91.1 Å². The molecule has 12 rings (SSSR count). The van der Waals surface area contributed by atoms with Gasteiger partial charge in [-0.3, -0.25) is 0 Å². The highest BCUT2D eigenvalue weighted by Crippen LogP contribution is 2.62. The molecule has 5 heteroatoms. The third kappa shape index (κ3) is 1.95. The highest BCUT2D eigenvalue weighted by Gasteiger charge is 2.71. The number of hydrogen-bond donors (Lipinski definition) is 0. The molecular weight excluding hydrogens is 538 g/mol. The van der Waals surface area contributed by atoms with Gasteiger partial charge in [-0.05, 0) is 60.5 Å². The molecule has 0 bridgehead atoms. The van der Waals surface area contributed by atoms with E-state index in [2.05, 4.69) is 142 Å². The summed E-state index contributed by atoms with van der Waals surface area (Å²) in [5.74, 6) is 1.30. The van der Waals surface area contributed by atoms with Gasteiger partial charge in [-0.25, -0.2) is 0 Å². The van der Waals surface area contributed by atoms with Gasteiger partial charge in [-0.15, -0.1) is 4.68 Å². The summed E-state index contributed by atoms with van der Waals surface area (Å²) in [4.78, 5) is 2.60. The minimum atomic E-state index is -0.569. The number of para-hydroxylation sites is 2. The van der Waals surface area contributed by atoms with Gasteiger partial charge in [0.25, 0.3) is 5.82 Å². The second-order valence-electron chi connectivity index (χ2n) is 14.0. The van der Waals surface area contributed by atoms with E-state index >= 15 is 0 Å². The van der Waals surface area contributed by atoms with Crippen LogP contribution < -0.4 is 14.1 Å². The summed E-state index contributed by atoms with van der Waals surface area (Å²) in [6.45, 7) is 9.38. The van der Waals surface area contributed by atoms with Gasteiger partial charge in [0, 0.05) is 46.8 Å². The third-order valence-corrected chi connectivity index (χ3v) is 11.6. The fraction of sp³-hybridized carbons (Fsp3) is 0.179. The van der Waals surface area contributed by atoms with Crippen molar-refractivity contribution in [3.63, 3.8) is 0 Å². The third-order valence-electron chi connectivity index (χ3n) is 11.6. The number of aromatic nitrogens is 4. The Morgan fingerprint density at radius 3 is 2.41 bits per heavy atom. The SMILES string of the molecule is Cc1cc(C)[n+]2n1-c1cccc3c1C21c2c4c(cc5c6cccc7c6n(c25)-c2c(ccc[n+]21)C7(C)C)Cc1ccccc1N34. The number of pyridine rings is 1. The van der Waals surface area contributed by atoms with Crippen molar-refractivity contribution in [3.05, 3.63) is 136 Å². The standard InChI is InChI=1S/C39H29N5/c1-21-18-22(2)44-39-32-30(15-8-16-31(32)43(21)44)41-29-14-6-5-10-23(29)19-24-20-26-25-11-7-12-27-35(25)42(36(26)33(39)34(24)41)37-28(38(27,3)4)13-9-17-40(37)39/h5-18,20H,19H2,1-4H3/q+2. The molecule has 208 valence electrons. The Kier molecular flexibility index (Phi) is 3.31. The number of fused-ring (bicyclic) bond motifs is 6. The van der Waals surface area contributed by atoms with Gasteiger partial charge in [0.05, 0.1) is 28.8 Å². The van der Waals surface area contributed by atoms with Crippen molar-refractivity contribution < 1.29 is 9.25 Å². The Balaban J connectivity index is 1.46. The van der Waals surface area contributed by atoms with Gasteiger partial charge >= 0.3 is 5.66 Å². The summed E-state index contributed by atoms with van der Waals surface area (Å²) in [7, 11) is 0. The van der Waals surface area contributed by atoms with Gasteiger partial charge in [-0.1, -0.05) is 54.9 Å². The molecule has 0 N–H and O–H groups in total. The molecule has 5 aliphatic heterocycles. The van der Waals surface area contributed by atoms with Crippen LogP contribution in [-0.4, -0.2) is 9.25 Å². The Morgan fingerprint density at radius 2 is 1.50 bits per heavy atom. The first-order valence-electron chi connectivity index (χ1n) is 15.8. The van der Waals surface area contributed by atoms with Crippen molar-refractivity contribution in [3.8, 4) is 11.5 Å². The molecule has 7 aromatic rings. The van der Waals surface area contributed by atoms with Crippen molar-refractivity contribution in [2.24, 2.45) is 0 Å². The predicted molar refractivity (Wildman–Crippen MR) is 171 cm³/mol. The quantitative estimate of drug-likeness (QED) is 0.181. The largest absolute Gasteiger partial charge is 0.394 e. The summed E-state index contributed by atoms with van der Waals surface area (Å²) >= 11 is 0. The maximum absolute atomic E-state index is 2.65. The van der Waals surface area contributed by atoms with Crippen molar-refractivity contribution >= 4 is 38.9 Å². The molecule has 4 aromatic carbocycles. The molecule has 8 heterocycles. The highest BCUT2D eigenvalue weighted by molar-refractivity contribution is 6.16. The van der Waals surface area contributed by atoms with Crippen LogP contribution in [-0.2, 0) is 17.5 Å². The average molecular weight is 568 g/mol. The maximum Gasteiger partial charge on any atom is 0.394 e. The first kappa shape index (κ1) is 22.4. The zero-order chi connectivity index (χ0) is 29.0. The lowest BCUT2D eigenvalue weighted by atomic mass is 9.74. The van der Waals surface area contributed by atoms with Crippen LogP contribution in [0, 0.1) is 13.8 Å². The van der Waals surface area contributed by atoms with E-state index in [1.165, 1.54) is 95.1 Å². The van der Waals surface area contributed by atoms with Gasteiger partial charge in [0.15, 0.2) is 5.52 Å². The Hall–Kier alpha value is -5.16. The van der Waals surface area contributed by atoms with Crippen LogP contribution in [0.3, 0.4) is 0 Å². The molecule has 0 amide bonds. The molecule has 1 atom stereocenters. The van der Waals surface area contributed by atoms with Crippen molar-refractivity contribution in [2.75, 3.05) is 4.90 Å². The number of hydrogen-bond acceptors (Lipinski definition) is 1. The minimum absolute atomic E-state index is 0.147. The van der Waals surface area contributed by atoms with Crippen LogP contribution in [0.4, 0.5) is 17.1 Å². The lowest BCUT2D eigenvalue weighted by molar-refractivity contribution is -0.995. The van der Waals surface area contributed by atoms with E-state index in [9.17, 15) is 0 Å². The smallest absolute Gasteiger partial charge is 0.308 e. The van der Waals surface area contributed by atoms with E-state index in [1.54, 1.807) is 0 Å². The zero-order valence-corrected chi connectivity index (χ0v) is 25.1. The zero-order valence-electron chi connectivity index (χ0n) is 25.1. The Bertz CT molecular complexity index is 2590. The average Bonchev–Trinajstić information content (AvgIpc) is 3.64. The van der Waals surface area contributed by atoms with Crippen LogP contribution in [0.25, 0.3) is 33.3 Å². The molecule has 1 unspecified atom stereocenters. The van der Waals surface area contributed by atoms with Crippen molar-refractivity contribution in [2.45, 2.75) is 45.2 Å². The molecule has 44 heavy (non-hydrogen) atoms. The van der Waals surface area contributed by atoms with Crippen LogP contribution in [0.1, 0.15) is 58.6 Å². The maximum atomic E-state index is 2.65. The van der Waals surface area contributed by atoms with E-state index in [1.807, 2.05) is 0 Å². The number of anilines is 3. The molecule has 5 aliphatic rings. The lowest BCUT2D eigenvalue weighted by Crippen LogP contribution is -2.78. The minimum Gasteiger partial charge on any atom is -0.308 e. The molecule has 0 saturated heterocycles. The molecule has 0 saturated carbocycles. The molecule has 1 spiro atoms. The van der Waals surface area contributed by atoms with E-state index in [0.29, 0.717) is 0 Å². The van der Waals surface area contributed by atoms with E-state index in [4.69, 9.17) is 0 Å². The summed E-state index contributed by atoms with van der Waals surface area (Å²) in [5, 5.41) is 2.73. The number of nitrogens with zero attached hydrogens (tertiary/aromatic N) is 5. The number of rotatable bonds is 0. The molecule has 0 fully saturated rings. The second kappa shape index (κ2) is 6.51. The van der Waals surface area contributed by atoms with Gasteiger partial charge in [-0.2, -0.15) is 9.13 Å². The van der Waals surface area contributed by atoms with E-state index in [-0.39, 0.29) is 5.41 Å². The fourth-order valence-electron chi connectivity index (χ4n) is 10.1. The van der Waals surface area contributed by atoms with E-state index in [0.717, 1.165) is 6.42 Å². The molecule has 3 aromatic heterocycles. The van der Waals surface area contributed by atoms with Crippen LogP contribution >= 0.6 is 0 Å². The number of aryl methyl sites for hydroxylation is 2. The predicted octanol–water partition coefficient (Wildman–Crippen LogP) is 7.02. The molecule has 0 radical (unpaired) electrons. The summed E-state index contributed by atoms with van der Waals surface area (Å²) in [6, 6.07) is 32.5. The highest BCUT2D eigenvalue weighted by atomic mass is 15.6. The summed E-state index contributed by atoms with van der Waals surface area (Å²) in [5.41, 5.74) is 18.1. The fourth-order valence-corrected chi connectivity index (χ4v) is 10.1. The molecule has 0 aliphatic carbocycles. The van der Waals surface area contributed by atoms with Gasteiger partial charge < -0.3 is 4.90 Å².